The molecule has 2 aromatic rings. The highest BCUT2D eigenvalue weighted by atomic mass is 35.5. The van der Waals surface area contributed by atoms with Gasteiger partial charge in [0.25, 0.3) is 0 Å². The van der Waals surface area contributed by atoms with Gasteiger partial charge >= 0.3 is 0 Å². The summed E-state index contributed by atoms with van der Waals surface area (Å²) in [5, 5.41) is 3.63. The van der Waals surface area contributed by atoms with Gasteiger partial charge in [-0.2, -0.15) is 0 Å². The van der Waals surface area contributed by atoms with Crippen LogP contribution in [0.2, 0.25) is 5.02 Å². The smallest absolute Gasteiger partial charge is 0.146 e. The molecule has 104 valence electrons. The molecule has 1 aliphatic heterocycles. The third-order valence-corrected chi connectivity index (χ3v) is 4.94. The quantitative estimate of drug-likeness (QED) is 0.873. The lowest BCUT2D eigenvalue weighted by molar-refractivity contribution is 0.497. The first-order chi connectivity index (χ1) is 9.75. The summed E-state index contributed by atoms with van der Waals surface area (Å²) in [6, 6.07) is 13.8. The molecule has 2 aromatic carbocycles. The Labute approximate surface area is 127 Å². The Kier molecular flexibility index (Phi) is 4.29. The number of benzene rings is 2. The molecule has 1 unspecified atom stereocenters. The maximum atomic E-state index is 13.9. The molecule has 1 atom stereocenters. The number of hydrogen-bond acceptors (Lipinski definition) is 2. The van der Waals surface area contributed by atoms with Gasteiger partial charge < -0.3 is 5.32 Å². The molecule has 0 bridgehead atoms. The van der Waals surface area contributed by atoms with E-state index in [9.17, 15) is 4.39 Å². The van der Waals surface area contributed by atoms with Crippen molar-refractivity contribution in [1.82, 2.24) is 5.32 Å². The van der Waals surface area contributed by atoms with E-state index in [2.05, 4.69) is 29.6 Å². The van der Waals surface area contributed by atoms with Crippen LogP contribution in [0.25, 0.3) is 0 Å². The predicted octanol–water partition coefficient (Wildman–Crippen LogP) is 4.81. The first-order valence-corrected chi connectivity index (χ1v) is 8.00. The maximum absolute atomic E-state index is 13.9. The van der Waals surface area contributed by atoms with Crippen molar-refractivity contribution in [3.63, 3.8) is 0 Å². The van der Waals surface area contributed by atoms with Gasteiger partial charge in [0, 0.05) is 23.0 Å². The van der Waals surface area contributed by atoms with Gasteiger partial charge in [0.2, 0.25) is 0 Å². The van der Waals surface area contributed by atoms with Crippen LogP contribution in [0.1, 0.15) is 23.6 Å². The molecule has 0 spiro atoms. The van der Waals surface area contributed by atoms with Gasteiger partial charge in [-0.15, -0.1) is 11.8 Å². The summed E-state index contributed by atoms with van der Waals surface area (Å²) in [6.07, 6.45) is 1.06. The fraction of sp³-hybridized carbons (Fsp3) is 0.250. The van der Waals surface area contributed by atoms with Crippen LogP contribution in [0.3, 0.4) is 0 Å². The first-order valence-electron chi connectivity index (χ1n) is 6.63. The highest BCUT2D eigenvalue weighted by Gasteiger charge is 2.20. The van der Waals surface area contributed by atoms with Crippen LogP contribution in [0, 0.1) is 5.82 Å². The highest BCUT2D eigenvalue weighted by molar-refractivity contribution is 7.99. The molecule has 1 nitrogen and oxygen atoms in total. The molecule has 0 aliphatic carbocycles. The largest absolute Gasteiger partial charge is 0.306 e. The number of halogens is 2. The second kappa shape index (κ2) is 6.17. The number of fused-ring (bicyclic) bond motifs is 1. The molecule has 4 heteroatoms. The minimum Gasteiger partial charge on any atom is -0.306 e. The number of thioether (sulfide) groups is 1. The highest BCUT2D eigenvalue weighted by Crippen LogP contribution is 2.36. The topological polar surface area (TPSA) is 12.0 Å². The summed E-state index contributed by atoms with van der Waals surface area (Å²) in [4.78, 5) is 1.32. The van der Waals surface area contributed by atoms with Crippen molar-refractivity contribution in [2.24, 2.45) is 0 Å². The molecule has 1 heterocycles. The van der Waals surface area contributed by atoms with Gasteiger partial charge in [-0.3, -0.25) is 0 Å². The van der Waals surface area contributed by atoms with E-state index < -0.39 is 0 Å². The van der Waals surface area contributed by atoms with E-state index in [0.717, 1.165) is 12.2 Å². The van der Waals surface area contributed by atoms with E-state index in [-0.39, 0.29) is 16.9 Å². The number of nitrogens with one attached hydrogen (secondary N) is 1. The monoisotopic (exact) mass is 307 g/mol. The van der Waals surface area contributed by atoms with Crippen molar-refractivity contribution in [1.29, 1.82) is 0 Å². The summed E-state index contributed by atoms with van der Waals surface area (Å²) >= 11 is 7.69. The Morgan fingerprint density at radius 3 is 2.95 bits per heavy atom. The van der Waals surface area contributed by atoms with E-state index in [0.29, 0.717) is 12.1 Å². The summed E-state index contributed by atoms with van der Waals surface area (Å²) in [5.74, 6) is 0.771. The minimum absolute atomic E-state index is 0.184. The van der Waals surface area contributed by atoms with Crippen LogP contribution in [0.5, 0.6) is 0 Å². The van der Waals surface area contributed by atoms with Crippen LogP contribution >= 0.6 is 23.4 Å². The molecule has 0 aromatic heterocycles. The van der Waals surface area contributed by atoms with Gasteiger partial charge in [-0.25, -0.2) is 4.39 Å². The van der Waals surface area contributed by atoms with E-state index >= 15 is 0 Å². The molecule has 0 saturated heterocycles. The summed E-state index contributed by atoms with van der Waals surface area (Å²) in [5.41, 5.74) is 1.93. The lowest BCUT2D eigenvalue weighted by atomic mass is 10.0. The van der Waals surface area contributed by atoms with Gasteiger partial charge in [0.1, 0.15) is 5.82 Å². The first kappa shape index (κ1) is 13.9. The summed E-state index contributed by atoms with van der Waals surface area (Å²) in [6.45, 7) is 0.496. The van der Waals surface area contributed by atoms with Crippen LogP contribution in [0.4, 0.5) is 4.39 Å². The molecule has 3 rings (SSSR count). The van der Waals surface area contributed by atoms with E-state index in [1.807, 2.05) is 11.8 Å². The molecular weight excluding hydrogens is 293 g/mol. The zero-order valence-corrected chi connectivity index (χ0v) is 12.5. The lowest BCUT2D eigenvalue weighted by Gasteiger charge is -2.26. The third-order valence-electron chi connectivity index (χ3n) is 3.53. The van der Waals surface area contributed by atoms with Gasteiger partial charge in [-0.05, 0) is 29.9 Å². The Bertz CT molecular complexity index is 617. The van der Waals surface area contributed by atoms with Crippen LogP contribution < -0.4 is 5.32 Å². The van der Waals surface area contributed by atoms with Crippen LogP contribution in [-0.2, 0) is 6.54 Å². The number of hydrogen-bond donors (Lipinski definition) is 1. The van der Waals surface area contributed by atoms with Gasteiger partial charge in [-0.1, -0.05) is 41.9 Å². The average molecular weight is 308 g/mol. The second-order valence-corrected chi connectivity index (χ2v) is 6.37. The zero-order valence-electron chi connectivity index (χ0n) is 10.9. The Morgan fingerprint density at radius 2 is 2.05 bits per heavy atom. The Morgan fingerprint density at radius 1 is 1.20 bits per heavy atom. The Balaban J connectivity index is 1.75. The third kappa shape index (κ3) is 2.85. The molecule has 0 radical (unpaired) electrons. The van der Waals surface area contributed by atoms with Crippen molar-refractivity contribution in [2.75, 3.05) is 5.75 Å². The molecule has 1 N–H and O–H groups in total. The standard InChI is InChI=1S/C16H15ClFNS/c17-13-6-3-4-11(16(13)18)10-19-14-8-9-20-15-7-2-1-5-12(14)15/h1-7,14,19H,8-10H2. The maximum Gasteiger partial charge on any atom is 0.146 e. The molecular formula is C16H15ClFNS. The van der Waals surface area contributed by atoms with Crippen LogP contribution in [0.15, 0.2) is 47.4 Å². The van der Waals surface area contributed by atoms with Gasteiger partial charge in [0.05, 0.1) is 5.02 Å². The Hall–Kier alpha value is -1.03. The van der Waals surface area contributed by atoms with Crippen molar-refractivity contribution < 1.29 is 4.39 Å². The fourth-order valence-electron chi connectivity index (χ4n) is 2.47. The summed E-state index contributed by atoms with van der Waals surface area (Å²) in [7, 11) is 0. The normalized spacial score (nSPS) is 17.8. The SMILES string of the molecule is Fc1c(Cl)cccc1CNC1CCSc2ccccc21. The predicted molar refractivity (Wildman–Crippen MR) is 82.8 cm³/mol. The molecule has 0 saturated carbocycles. The summed E-state index contributed by atoms with van der Waals surface area (Å²) < 4.78 is 13.9. The van der Waals surface area contributed by atoms with Crippen LogP contribution in [-0.4, -0.2) is 5.75 Å². The van der Waals surface area contributed by atoms with Gasteiger partial charge in [0.15, 0.2) is 0 Å². The molecule has 0 amide bonds. The second-order valence-electron chi connectivity index (χ2n) is 4.82. The number of rotatable bonds is 3. The van der Waals surface area contributed by atoms with Crippen molar-refractivity contribution in [3.8, 4) is 0 Å². The zero-order chi connectivity index (χ0) is 13.9. The average Bonchev–Trinajstić information content (AvgIpc) is 2.49. The van der Waals surface area contributed by atoms with Crippen molar-refractivity contribution in [2.45, 2.75) is 23.9 Å². The van der Waals surface area contributed by atoms with E-state index in [1.54, 1.807) is 18.2 Å². The van der Waals surface area contributed by atoms with E-state index in [4.69, 9.17) is 11.6 Å². The molecule has 20 heavy (non-hydrogen) atoms. The van der Waals surface area contributed by atoms with E-state index in [1.165, 1.54) is 10.5 Å². The fourth-order valence-corrected chi connectivity index (χ4v) is 3.79. The molecule has 0 fully saturated rings. The lowest BCUT2D eigenvalue weighted by Crippen LogP contribution is -2.24. The van der Waals surface area contributed by atoms with Crippen molar-refractivity contribution in [3.05, 3.63) is 64.4 Å². The molecule has 1 aliphatic rings. The minimum atomic E-state index is -0.319. The van der Waals surface area contributed by atoms with Crippen molar-refractivity contribution >= 4 is 23.4 Å².